The fourth-order valence-electron chi connectivity index (χ4n) is 3.90. The second-order valence-electron chi connectivity index (χ2n) is 8.87. The highest BCUT2D eigenvalue weighted by atomic mass is 32.2. The van der Waals surface area contributed by atoms with Gasteiger partial charge in [-0.1, -0.05) is 23.9 Å². The second-order valence-corrected chi connectivity index (χ2v) is 10.2. The zero-order chi connectivity index (χ0) is 23.8. The Labute approximate surface area is 200 Å². The van der Waals surface area contributed by atoms with Gasteiger partial charge >= 0.3 is 5.69 Å². The van der Waals surface area contributed by atoms with Gasteiger partial charge in [-0.25, -0.2) is 14.8 Å². The monoisotopic (exact) mass is 481 g/mol. The van der Waals surface area contributed by atoms with E-state index >= 15 is 0 Å². The number of aromatic amines is 1. The number of thioether (sulfide) groups is 1. The lowest BCUT2D eigenvalue weighted by atomic mass is 10.1. The molecule has 2 N–H and O–H groups in total. The average molecular weight is 482 g/mol. The molecular formula is C24H27N5O4S. The third-order valence-electron chi connectivity index (χ3n) is 6.15. The molecule has 2 heterocycles. The Morgan fingerprint density at radius 3 is 2.59 bits per heavy atom. The summed E-state index contributed by atoms with van der Waals surface area (Å²) < 4.78 is 6.76. The van der Waals surface area contributed by atoms with Crippen molar-refractivity contribution >= 4 is 28.7 Å². The van der Waals surface area contributed by atoms with Crippen LogP contribution < -0.4 is 21.3 Å². The molecule has 178 valence electrons. The highest BCUT2D eigenvalue weighted by Gasteiger charge is 2.32. The predicted octanol–water partition coefficient (Wildman–Crippen LogP) is 2.54. The van der Waals surface area contributed by atoms with E-state index in [1.807, 2.05) is 24.3 Å². The second kappa shape index (κ2) is 9.25. The van der Waals surface area contributed by atoms with Crippen LogP contribution >= 0.6 is 11.8 Å². The van der Waals surface area contributed by atoms with Crippen molar-refractivity contribution in [2.45, 2.75) is 61.3 Å². The van der Waals surface area contributed by atoms with Crippen LogP contribution in [-0.4, -0.2) is 44.3 Å². The summed E-state index contributed by atoms with van der Waals surface area (Å²) in [4.78, 5) is 49.8. The zero-order valence-corrected chi connectivity index (χ0v) is 20.0. The Morgan fingerprint density at radius 1 is 1.21 bits per heavy atom. The van der Waals surface area contributed by atoms with Gasteiger partial charge in [-0.05, 0) is 56.7 Å². The van der Waals surface area contributed by atoms with E-state index in [0.717, 1.165) is 37.0 Å². The largest absolute Gasteiger partial charge is 0.497 e. The number of methoxy groups -OCH3 is 1. The molecule has 2 aliphatic rings. The smallest absolute Gasteiger partial charge is 0.330 e. The summed E-state index contributed by atoms with van der Waals surface area (Å²) in [7, 11) is 1.63. The molecule has 1 atom stereocenters. The Morgan fingerprint density at radius 2 is 1.94 bits per heavy atom. The number of fused-ring (bicyclic) bond motifs is 1. The minimum Gasteiger partial charge on any atom is -0.497 e. The van der Waals surface area contributed by atoms with Crippen molar-refractivity contribution in [2.24, 2.45) is 0 Å². The van der Waals surface area contributed by atoms with Crippen LogP contribution in [0, 0.1) is 0 Å². The molecule has 2 aromatic heterocycles. The van der Waals surface area contributed by atoms with E-state index in [1.54, 1.807) is 18.6 Å². The summed E-state index contributed by atoms with van der Waals surface area (Å²) in [5, 5.41) is 3.24. The number of aromatic nitrogens is 4. The summed E-state index contributed by atoms with van der Waals surface area (Å²) in [6, 6.07) is 7.80. The number of ether oxygens (including phenoxy) is 1. The lowest BCUT2D eigenvalue weighted by Gasteiger charge is -2.15. The van der Waals surface area contributed by atoms with Gasteiger partial charge < -0.3 is 10.1 Å². The molecule has 9 nitrogen and oxygen atoms in total. The third-order valence-corrected chi connectivity index (χ3v) is 7.24. The van der Waals surface area contributed by atoms with Crippen LogP contribution in [-0.2, 0) is 11.2 Å². The number of nitrogens with one attached hydrogen (secondary N) is 2. The zero-order valence-electron chi connectivity index (χ0n) is 19.2. The minimum absolute atomic E-state index is 0.0605. The lowest BCUT2D eigenvalue weighted by molar-refractivity contribution is -0.120. The van der Waals surface area contributed by atoms with Crippen LogP contribution in [0.25, 0.3) is 11.0 Å². The van der Waals surface area contributed by atoms with Crippen LogP contribution in [0.2, 0.25) is 0 Å². The van der Waals surface area contributed by atoms with E-state index in [-0.39, 0.29) is 17.9 Å². The van der Waals surface area contributed by atoms with E-state index in [9.17, 15) is 14.4 Å². The Balaban J connectivity index is 1.35. The normalized spacial score (nSPS) is 16.4. The number of carbonyl (C=O) groups is 1. The van der Waals surface area contributed by atoms with Crippen molar-refractivity contribution in [3.8, 4) is 5.75 Å². The standard InChI is InChI=1S/C24H27N5O4S/c1-13(21(30)25-12-11-14-3-9-17(33-2)10-4-14)34-23-18-20(26-19(27-23)15-5-6-15)29(16-7-8-16)24(32)28-22(18)31/h3-4,9-10,13,15-16H,5-8,11-12H2,1-2H3,(H,25,30)(H,28,31,32)/t13-/m1/s1. The number of rotatable bonds is 9. The molecule has 1 aromatic carbocycles. The average Bonchev–Trinajstić information content (AvgIpc) is 3.73. The maximum Gasteiger partial charge on any atom is 0.330 e. The van der Waals surface area contributed by atoms with Gasteiger partial charge in [0.25, 0.3) is 5.56 Å². The molecule has 3 aromatic rings. The first-order valence-electron chi connectivity index (χ1n) is 11.6. The van der Waals surface area contributed by atoms with Crippen molar-refractivity contribution < 1.29 is 9.53 Å². The molecule has 5 rings (SSSR count). The fourth-order valence-corrected chi connectivity index (χ4v) is 4.88. The lowest BCUT2D eigenvalue weighted by Crippen LogP contribution is -2.33. The highest BCUT2D eigenvalue weighted by Crippen LogP contribution is 2.41. The van der Waals surface area contributed by atoms with E-state index in [2.05, 4.69) is 20.3 Å². The Hall–Kier alpha value is -3.14. The van der Waals surface area contributed by atoms with Gasteiger partial charge in [0.2, 0.25) is 5.91 Å². The molecule has 1 amide bonds. The van der Waals surface area contributed by atoms with E-state index in [1.165, 1.54) is 11.8 Å². The minimum atomic E-state index is -0.506. The van der Waals surface area contributed by atoms with E-state index < -0.39 is 16.5 Å². The molecule has 0 radical (unpaired) electrons. The summed E-state index contributed by atoms with van der Waals surface area (Å²) >= 11 is 1.24. The molecule has 2 saturated carbocycles. The predicted molar refractivity (Wildman–Crippen MR) is 130 cm³/mol. The first kappa shape index (κ1) is 22.6. The number of H-pyrrole nitrogens is 1. The summed E-state index contributed by atoms with van der Waals surface area (Å²) in [6.45, 7) is 2.29. The van der Waals surface area contributed by atoms with Crippen LogP contribution in [0.4, 0.5) is 0 Å². The number of carbonyl (C=O) groups excluding carboxylic acids is 1. The van der Waals surface area contributed by atoms with Crippen LogP contribution in [0.3, 0.4) is 0 Å². The molecular weight excluding hydrogens is 454 g/mol. The van der Waals surface area contributed by atoms with Crippen molar-refractivity contribution in [1.82, 2.24) is 24.8 Å². The molecule has 0 aliphatic heterocycles. The highest BCUT2D eigenvalue weighted by molar-refractivity contribution is 8.00. The summed E-state index contributed by atoms with van der Waals surface area (Å²) in [6.07, 6.45) is 4.46. The third kappa shape index (κ3) is 4.72. The number of hydrogen-bond acceptors (Lipinski definition) is 7. The first-order valence-corrected chi connectivity index (χ1v) is 12.5. The SMILES string of the molecule is COc1ccc(CCNC(=O)[C@@H](C)Sc2nc(C3CC3)nc3c2c(=O)[nH]c(=O)n3C2CC2)cc1. The molecule has 0 bridgehead atoms. The van der Waals surface area contributed by atoms with Crippen molar-refractivity contribution in [2.75, 3.05) is 13.7 Å². The van der Waals surface area contributed by atoms with Gasteiger partial charge in [0.15, 0.2) is 5.65 Å². The van der Waals surface area contributed by atoms with Gasteiger partial charge in [0.05, 0.1) is 12.4 Å². The topological polar surface area (TPSA) is 119 Å². The number of benzene rings is 1. The molecule has 2 aliphatic carbocycles. The van der Waals surface area contributed by atoms with Crippen LogP contribution in [0.1, 0.15) is 56.0 Å². The maximum atomic E-state index is 12.8. The van der Waals surface area contributed by atoms with Gasteiger partial charge in [-0.15, -0.1) is 0 Å². The quantitative estimate of drug-likeness (QED) is 0.356. The van der Waals surface area contributed by atoms with Gasteiger partial charge in [-0.3, -0.25) is 19.1 Å². The van der Waals surface area contributed by atoms with E-state index in [0.29, 0.717) is 34.8 Å². The first-order chi connectivity index (χ1) is 16.4. The summed E-state index contributed by atoms with van der Waals surface area (Å²) in [5.74, 6) is 1.56. The van der Waals surface area contributed by atoms with Gasteiger partial charge in [0.1, 0.15) is 22.0 Å². The van der Waals surface area contributed by atoms with E-state index in [4.69, 9.17) is 4.74 Å². The molecule has 0 unspecified atom stereocenters. The van der Waals surface area contributed by atoms with Crippen molar-refractivity contribution in [3.63, 3.8) is 0 Å². The van der Waals surface area contributed by atoms with Crippen molar-refractivity contribution in [1.29, 1.82) is 0 Å². The Bertz CT molecular complexity index is 1340. The molecule has 10 heteroatoms. The van der Waals surface area contributed by atoms with Crippen LogP contribution in [0.5, 0.6) is 5.75 Å². The summed E-state index contributed by atoms with van der Waals surface area (Å²) in [5.41, 5.74) is 0.555. The van der Waals surface area contributed by atoms with Gasteiger partial charge in [0, 0.05) is 18.5 Å². The number of nitrogens with zero attached hydrogens (tertiary/aromatic N) is 3. The Kier molecular flexibility index (Phi) is 6.16. The number of hydrogen-bond donors (Lipinski definition) is 2. The number of amides is 1. The maximum absolute atomic E-state index is 12.8. The van der Waals surface area contributed by atoms with Crippen molar-refractivity contribution in [3.05, 3.63) is 56.5 Å². The van der Waals surface area contributed by atoms with Crippen LogP contribution in [0.15, 0.2) is 38.9 Å². The molecule has 34 heavy (non-hydrogen) atoms. The molecule has 0 saturated heterocycles. The van der Waals surface area contributed by atoms with Gasteiger partial charge in [-0.2, -0.15) is 0 Å². The fraction of sp³-hybridized carbons (Fsp3) is 0.458. The molecule has 0 spiro atoms. The molecule has 2 fully saturated rings.